The molecule has 1 N–H and O–H groups in total. The standard InChI is InChI=1S/C23H27N3O6S/c1-31-16-18-6-4-17(5-7-18)15-24-22(27)10-13-26-20-9-8-19(14-21(20)32-23(26)28)33(29,30)25-11-2-3-12-25/h4-9,14H,2-3,10-13,15-16H2,1H3,(H,24,27). The second-order valence-corrected chi connectivity index (χ2v) is 9.97. The van der Waals surface area contributed by atoms with Gasteiger partial charge >= 0.3 is 5.76 Å². The summed E-state index contributed by atoms with van der Waals surface area (Å²) >= 11 is 0. The molecule has 0 atom stereocenters. The van der Waals surface area contributed by atoms with Gasteiger partial charge in [-0.05, 0) is 36.1 Å². The number of nitrogens with one attached hydrogen (secondary N) is 1. The first-order valence-corrected chi connectivity index (χ1v) is 12.3. The van der Waals surface area contributed by atoms with Crippen molar-refractivity contribution in [1.82, 2.24) is 14.2 Å². The van der Waals surface area contributed by atoms with Crippen LogP contribution >= 0.6 is 0 Å². The van der Waals surface area contributed by atoms with Gasteiger partial charge in [0.15, 0.2) is 5.58 Å². The van der Waals surface area contributed by atoms with E-state index in [9.17, 15) is 18.0 Å². The summed E-state index contributed by atoms with van der Waals surface area (Å²) in [5.74, 6) is -0.826. The Morgan fingerprint density at radius 2 is 1.79 bits per heavy atom. The Morgan fingerprint density at radius 3 is 2.48 bits per heavy atom. The van der Waals surface area contributed by atoms with Gasteiger partial charge in [0.05, 0.1) is 17.0 Å². The minimum Gasteiger partial charge on any atom is -0.408 e. The summed E-state index contributed by atoms with van der Waals surface area (Å²) < 4.78 is 38.7. The topological polar surface area (TPSA) is 111 Å². The molecule has 0 saturated carbocycles. The molecule has 9 nitrogen and oxygen atoms in total. The third-order valence-corrected chi connectivity index (χ3v) is 7.62. The normalized spacial score (nSPS) is 14.7. The third-order valence-electron chi connectivity index (χ3n) is 5.73. The van der Waals surface area contributed by atoms with Crippen molar-refractivity contribution in [2.24, 2.45) is 0 Å². The Morgan fingerprint density at radius 1 is 1.09 bits per heavy atom. The molecular weight excluding hydrogens is 446 g/mol. The van der Waals surface area contributed by atoms with Crippen LogP contribution in [0.1, 0.15) is 30.4 Å². The monoisotopic (exact) mass is 473 g/mol. The highest BCUT2D eigenvalue weighted by atomic mass is 32.2. The predicted octanol–water partition coefficient (Wildman–Crippen LogP) is 2.23. The smallest absolute Gasteiger partial charge is 0.408 e. The van der Waals surface area contributed by atoms with Gasteiger partial charge in [-0.2, -0.15) is 4.31 Å². The van der Waals surface area contributed by atoms with Crippen LogP contribution in [0.25, 0.3) is 11.1 Å². The zero-order valence-corrected chi connectivity index (χ0v) is 19.3. The van der Waals surface area contributed by atoms with Crippen molar-refractivity contribution in [2.75, 3.05) is 20.2 Å². The summed E-state index contributed by atoms with van der Waals surface area (Å²) in [4.78, 5) is 24.7. The molecule has 10 heteroatoms. The number of amides is 1. The number of aryl methyl sites for hydroxylation is 1. The van der Waals surface area contributed by atoms with Crippen molar-refractivity contribution in [2.45, 2.75) is 43.9 Å². The fourth-order valence-electron chi connectivity index (χ4n) is 3.92. The highest BCUT2D eigenvalue weighted by Gasteiger charge is 2.28. The van der Waals surface area contributed by atoms with Gasteiger partial charge in [0.25, 0.3) is 0 Å². The van der Waals surface area contributed by atoms with E-state index in [1.54, 1.807) is 13.2 Å². The first kappa shape index (κ1) is 23.2. The van der Waals surface area contributed by atoms with Crippen LogP contribution in [0.2, 0.25) is 0 Å². The number of methoxy groups -OCH3 is 1. The number of benzene rings is 2. The highest BCUT2D eigenvalue weighted by Crippen LogP contribution is 2.24. The molecule has 0 aliphatic carbocycles. The quantitative estimate of drug-likeness (QED) is 0.510. The van der Waals surface area contributed by atoms with E-state index in [-0.39, 0.29) is 29.4 Å². The Bertz CT molecular complexity index is 1290. The lowest BCUT2D eigenvalue weighted by Crippen LogP contribution is -2.27. The number of fused-ring (bicyclic) bond motifs is 1. The van der Waals surface area contributed by atoms with Crippen LogP contribution in [0.15, 0.2) is 56.6 Å². The first-order chi connectivity index (χ1) is 15.9. The van der Waals surface area contributed by atoms with E-state index in [0.29, 0.717) is 31.8 Å². The summed E-state index contributed by atoms with van der Waals surface area (Å²) in [5, 5.41) is 2.84. The summed E-state index contributed by atoms with van der Waals surface area (Å²) in [6.45, 7) is 2.04. The van der Waals surface area contributed by atoms with Crippen LogP contribution in [-0.2, 0) is 39.3 Å². The zero-order valence-electron chi connectivity index (χ0n) is 18.5. The molecule has 3 aromatic rings. The lowest BCUT2D eigenvalue weighted by atomic mass is 10.1. The predicted molar refractivity (Wildman–Crippen MR) is 122 cm³/mol. The Labute approximate surface area is 192 Å². The number of carbonyl (C=O) groups is 1. The van der Waals surface area contributed by atoms with Crippen molar-refractivity contribution in [3.05, 3.63) is 64.1 Å². The van der Waals surface area contributed by atoms with Gasteiger partial charge in [-0.25, -0.2) is 13.2 Å². The lowest BCUT2D eigenvalue weighted by Gasteiger charge is -2.15. The van der Waals surface area contributed by atoms with Crippen molar-refractivity contribution in [3.8, 4) is 0 Å². The van der Waals surface area contributed by atoms with E-state index in [0.717, 1.165) is 24.0 Å². The van der Waals surface area contributed by atoms with Crippen LogP contribution in [0.5, 0.6) is 0 Å². The van der Waals surface area contributed by atoms with Crippen molar-refractivity contribution >= 4 is 27.0 Å². The zero-order chi connectivity index (χ0) is 23.4. The van der Waals surface area contributed by atoms with Gasteiger partial charge in [-0.3, -0.25) is 9.36 Å². The second kappa shape index (κ2) is 9.90. The van der Waals surface area contributed by atoms with Gasteiger partial charge < -0.3 is 14.5 Å². The van der Waals surface area contributed by atoms with Crippen LogP contribution < -0.4 is 11.1 Å². The summed E-state index contributed by atoms with van der Waals surface area (Å²) in [6, 6.07) is 12.2. The molecule has 1 fully saturated rings. The molecule has 33 heavy (non-hydrogen) atoms. The molecular formula is C23H27N3O6S. The maximum absolute atomic E-state index is 12.8. The number of rotatable bonds is 9. The minimum absolute atomic E-state index is 0.0874. The van der Waals surface area contributed by atoms with E-state index >= 15 is 0 Å². The molecule has 0 radical (unpaired) electrons. The number of hydrogen-bond donors (Lipinski definition) is 1. The number of ether oxygens (including phenoxy) is 1. The van der Waals surface area contributed by atoms with Gasteiger partial charge in [-0.15, -0.1) is 0 Å². The van der Waals surface area contributed by atoms with Crippen molar-refractivity contribution in [3.63, 3.8) is 0 Å². The molecule has 1 amide bonds. The fraction of sp³-hybridized carbons (Fsp3) is 0.391. The molecule has 0 spiro atoms. The first-order valence-electron chi connectivity index (χ1n) is 10.9. The molecule has 1 aromatic heterocycles. The average Bonchev–Trinajstić information content (AvgIpc) is 3.45. The Hall–Kier alpha value is -2.95. The van der Waals surface area contributed by atoms with Gasteiger partial charge in [0.1, 0.15) is 0 Å². The van der Waals surface area contributed by atoms with E-state index in [1.165, 1.54) is 21.0 Å². The van der Waals surface area contributed by atoms with E-state index < -0.39 is 15.8 Å². The van der Waals surface area contributed by atoms with E-state index in [4.69, 9.17) is 9.15 Å². The molecule has 0 unspecified atom stereocenters. The molecule has 1 aliphatic rings. The molecule has 1 saturated heterocycles. The largest absolute Gasteiger partial charge is 0.419 e. The van der Waals surface area contributed by atoms with E-state index in [2.05, 4.69) is 5.32 Å². The van der Waals surface area contributed by atoms with Gasteiger partial charge in [-0.1, -0.05) is 24.3 Å². The number of sulfonamides is 1. The SMILES string of the molecule is COCc1ccc(CNC(=O)CCn2c(=O)oc3cc(S(=O)(=O)N4CCCC4)ccc32)cc1. The number of carbonyl (C=O) groups excluding carboxylic acids is 1. The number of aromatic nitrogens is 1. The maximum atomic E-state index is 12.8. The second-order valence-electron chi connectivity index (χ2n) is 8.04. The van der Waals surface area contributed by atoms with Gasteiger partial charge in [0.2, 0.25) is 15.9 Å². The van der Waals surface area contributed by atoms with E-state index in [1.807, 2.05) is 24.3 Å². The molecule has 1 aliphatic heterocycles. The molecule has 176 valence electrons. The van der Waals surface area contributed by atoms with Crippen LogP contribution in [0.3, 0.4) is 0 Å². The third kappa shape index (κ3) is 5.18. The number of hydrogen-bond acceptors (Lipinski definition) is 6. The molecule has 2 heterocycles. The minimum atomic E-state index is -3.61. The Balaban J connectivity index is 1.39. The van der Waals surface area contributed by atoms with Crippen LogP contribution in [-0.4, -0.2) is 43.4 Å². The highest BCUT2D eigenvalue weighted by molar-refractivity contribution is 7.89. The van der Waals surface area contributed by atoms with Gasteiger partial charge in [0, 0.05) is 45.8 Å². The lowest BCUT2D eigenvalue weighted by molar-refractivity contribution is -0.121. The van der Waals surface area contributed by atoms with Crippen LogP contribution in [0, 0.1) is 0 Å². The van der Waals surface area contributed by atoms with Crippen molar-refractivity contribution in [1.29, 1.82) is 0 Å². The van der Waals surface area contributed by atoms with Crippen molar-refractivity contribution < 1.29 is 22.4 Å². The van der Waals surface area contributed by atoms with Crippen LogP contribution in [0.4, 0.5) is 0 Å². The summed E-state index contributed by atoms with van der Waals surface area (Å²) in [5.41, 5.74) is 2.66. The molecule has 2 aromatic carbocycles. The average molecular weight is 474 g/mol. The Kier molecular flexibility index (Phi) is 6.96. The molecule has 4 rings (SSSR count). The summed E-state index contributed by atoms with van der Waals surface area (Å²) in [6.07, 6.45) is 1.77. The summed E-state index contributed by atoms with van der Waals surface area (Å²) in [7, 11) is -1.97. The fourth-order valence-corrected chi connectivity index (χ4v) is 5.45. The maximum Gasteiger partial charge on any atom is 0.419 e. The number of nitrogens with zero attached hydrogens (tertiary/aromatic N) is 2. The number of oxazole rings is 1. The molecule has 0 bridgehead atoms.